The minimum Gasteiger partial charge on any atom is -0.496 e. The molecule has 0 aliphatic heterocycles. The molecule has 0 aliphatic rings. The molecule has 0 spiro atoms. The first-order valence-corrected chi connectivity index (χ1v) is 9.15. The molecule has 0 bridgehead atoms. The summed E-state index contributed by atoms with van der Waals surface area (Å²) in [5, 5.41) is 0. The van der Waals surface area contributed by atoms with E-state index < -0.39 is 8.07 Å². The summed E-state index contributed by atoms with van der Waals surface area (Å²) in [5.74, 6) is 4.25. The number of benzene rings is 1. The van der Waals surface area contributed by atoms with Crippen molar-refractivity contribution >= 4 is 8.07 Å². The summed E-state index contributed by atoms with van der Waals surface area (Å²) in [6.07, 6.45) is 1.89. The zero-order chi connectivity index (χ0) is 12.0. The summed E-state index contributed by atoms with van der Waals surface area (Å²) >= 11 is 0. The Balaban J connectivity index is 2.57. The van der Waals surface area contributed by atoms with Gasteiger partial charge >= 0.3 is 0 Å². The molecule has 1 nitrogen and oxygen atoms in total. The fourth-order valence-corrected chi connectivity index (χ4v) is 2.09. The summed E-state index contributed by atoms with van der Waals surface area (Å²) in [6, 6.07) is 8.15. The van der Waals surface area contributed by atoms with E-state index in [9.17, 15) is 0 Å². The van der Waals surface area contributed by atoms with Crippen LogP contribution in [0.25, 0.3) is 0 Å². The van der Waals surface area contributed by atoms with Gasteiger partial charge < -0.3 is 4.74 Å². The van der Waals surface area contributed by atoms with Gasteiger partial charge in [-0.1, -0.05) is 37.8 Å². The van der Waals surface area contributed by atoms with Crippen molar-refractivity contribution < 1.29 is 4.74 Å². The Morgan fingerprint density at radius 2 is 1.88 bits per heavy atom. The molecular formula is C14H20OSi. The van der Waals surface area contributed by atoms with Crippen molar-refractivity contribution in [2.75, 3.05) is 7.11 Å². The second kappa shape index (κ2) is 5.76. The minimum absolute atomic E-state index is 0.921. The van der Waals surface area contributed by atoms with E-state index in [0.717, 1.165) is 18.6 Å². The van der Waals surface area contributed by atoms with Crippen molar-refractivity contribution in [3.05, 3.63) is 29.8 Å². The number of para-hydroxylation sites is 1. The van der Waals surface area contributed by atoms with E-state index in [4.69, 9.17) is 4.74 Å². The molecule has 1 aromatic rings. The van der Waals surface area contributed by atoms with Crippen LogP contribution in [-0.2, 0) is 6.42 Å². The van der Waals surface area contributed by atoms with Gasteiger partial charge in [-0.2, -0.15) is 0 Å². The van der Waals surface area contributed by atoms with Crippen molar-refractivity contribution in [2.45, 2.75) is 32.5 Å². The third kappa shape index (κ3) is 4.54. The topological polar surface area (TPSA) is 9.23 Å². The fourth-order valence-electron chi connectivity index (χ4n) is 1.43. The lowest BCUT2D eigenvalue weighted by atomic mass is 10.1. The smallest absolute Gasteiger partial charge is 0.129 e. The maximum atomic E-state index is 5.30. The highest BCUT2D eigenvalue weighted by Crippen LogP contribution is 2.18. The van der Waals surface area contributed by atoms with Gasteiger partial charge in [-0.15, -0.1) is 11.5 Å². The van der Waals surface area contributed by atoms with E-state index in [1.165, 1.54) is 5.56 Å². The molecule has 0 radical (unpaired) electrons. The van der Waals surface area contributed by atoms with Gasteiger partial charge in [0.15, 0.2) is 0 Å². The first kappa shape index (κ1) is 12.9. The molecule has 2 heteroatoms. The Labute approximate surface area is 99.8 Å². The molecule has 1 rings (SSSR count). The monoisotopic (exact) mass is 232 g/mol. The number of hydrogen-bond acceptors (Lipinski definition) is 1. The van der Waals surface area contributed by atoms with Crippen LogP contribution >= 0.6 is 0 Å². The zero-order valence-electron chi connectivity index (χ0n) is 10.6. The average Bonchev–Trinajstić information content (AvgIpc) is 2.23. The van der Waals surface area contributed by atoms with Gasteiger partial charge in [0.25, 0.3) is 0 Å². The molecule has 0 N–H and O–H groups in total. The van der Waals surface area contributed by atoms with Gasteiger partial charge in [0.05, 0.1) is 7.11 Å². The van der Waals surface area contributed by atoms with E-state index in [-0.39, 0.29) is 0 Å². The third-order valence-corrected chi connectivity index (χ3v) is 3.10. The molecule has 16 heavy (non-hydrogen) atoms. The first-order valence-electron chi connectivity index (χ1n) is 5.65. The normalized spacial score (nSPS) is 10.5. The molecule has 0 aliphatic carbocycles. The number of aryl methyl sites for hydroxylation is 1. The molecule has 1 aromatic carbocycles. The summed E-state index contributed by atoms with van der Waals surface area (Å²) in [5.41, 5.74) is 4.62. The van der Waals surface area contributed by atoms with Crippen LogP contribution in [0, 0.1) is 11.5 Å². The molecule has 86 valence electrons. The molecule has 0 amide bonds. The molecule has 0 saturated carbocycles. The lowest BCUT2D eigenvalue weighted by molar-refractivity contribution is 0.410. The number of methoxy groups -OCH3 is 1. The second-order valence-electron chi connectivity index (χ2n) is 4.86. The van der Waals surface area contributed by atoms with E-state index in [2.05, 4.69) is 37.2 Å². The second-order valence-corrected chi connectivity index (χ2v) is 9.61. The van der Waals surface area contributed by atoms with Gasteiger partial charge in [0.2, 0.25) is 0 Å². The maximum absolute atomic E-state index is 5.30. The van der Waals surface area contributed by atoms with Crippen LogP contribution in [0.5, 0.6) is 5.75 Å². The van der Waals surface area contributed by atoms with Crippen LogP contribution in [0.3, 0.4) is 0 Å². The van der Waals surface area contributed by atoms with Crippen molar-refractivity contribution in [1.29, 1.82) is 0 Å². The molecule has 0 aromatic heterocycles. The SMILES string of the molecule is COc1ccccc1CCC#C[Si](C)(C)C. The first-order chi connectivity index (χ1) is 7.53. The largest absolute Gasteiger partial charge is 0.496 e. The predicted molar refractivity (Wildman–Crippen MR) is 72.4 cm³/mol. The Kier molecular flexibility index (Phi) is 4.64. The zero-order valence-corrected chi connectivity index (χ0v) is 11.6. The quantitative estimate of drug-likeness (QED) is 0.572. The molecular weight excluding hydrogens is 212 g/mol. The fraction of sp³-hybridized carbons (Fsp3) is 0.429. The highest BCUT2D eigenvalue weighted by molar-refractivity contribution is 6.83. The van der Waals surface area contributed by atoms with Crippen LogP contribution < -0.4 is 4.74 Å². The highest BCUT2D eigenvalue weighted by Gasteiger charge is 2.07. The maximum Gasteiger partial charge on any atom is 0.129 e. The van der Waals surface area contributed by atoms with E-state index >= 15 is 0 Å². The van der Waals surface area contributed by atoms with Crippen molar-refractivity contribution in [3.63, 3.8) is 0 Å². The molecule has 0 atom stereocenters. The van der Waals surface area contributed by atoms with Gasteiger partial charge in [-0.05, 0) is 18.1 Å². The van der Waals surface area contributed by atoms with E-state index in [1.54, 1.807) is 7.11 Å². The van der Waals surface area contributed by atoms with Crippen LogP contribution in [-0.4, -0.2) is 15.2 Å². The number of ether oxygens (including phenoxy) is 1. The highest BCUT2D eigenvalue weighted by atomic mass is 28.3. The van der Waals surface area contributed by atoms with Gasteiger partial charge in [0, 0.05) is 6.42 Å². The Morgan fingerprint density at radius 3 is 2.50 bits per heavy atom. The lowest BCUT2D eigenvalue weighted by Gasteiger charge is -2.06. The molecule has 0 heterocycles. The predicted octanol–water partition coefficient (Wildman–Crippen LogP) is 3.51. The molecule has 0 saturated heterocycles. The summed E-state index contributed by atoms with van der Waals surface area (Å²) in [7, 11) is 0.505. The van der Waals surface area contributed by atoms with Crippen LogP contribution in [0.1, 0.15) is 12.0 Å². The van der Waals surface area contributed by atoms with Gasteiger partial charge in [-0.25, -0.2) is 0 Å². The Hall–Kier alpha value is -1.20. The van der Waals surface area contributed by atoms with E-state index in [0.29, 0.717) is 0 Å². The van der Waals surface area contributed by atoms with Crippen molar-refractivity contribution in [2.24, 2.45) is 0 Å². The van der Waals surface area contributed by atoms with Crippen LogP contribution in [0.15, 0.2) is 24.3 Å². The third-order valence-electron chi connectivity index (χ3n) is 2.18. The summed E-state index contributed by atoms with van der Waals surface area (Å²) in [6.45, 7) is 6.80. The number of hydrogen-bond donors (Lipinski definition) is 0. The summed E-state index contributed by atoms with van der Waals surface area (Å²) in [4.78, 5) is 0. The van der Waals surface area contributed by atoms with Crippen LogP contribution in [0.4, 0.5) is 0 Å². The number of rotatable bonds is 3. The molecule has 0 fully saturated rings. The van der Waals surface area contributed by atoms with E-state index in [1.807, 2.05) is 18.2 Å². The standard InChI is InChI=1S/C14H20OSi/c1-15-14-11-6-5-9-13(14)10-7-8-12-16(2,3)4/h5-6,9,11H,7,10H2,1-4H3. The average molecular weight is 232 g/mol. The Morgan fingerprint density at radius 1 is 1.19 bits per heavy atom. The lowest BCUT2D eigenvalue weighted by Crippen LogP contribution is -2.16. The minimum atomic E-state index is -1.21. The molecule has 0 unspecified atom stereocenters. The van der Waals surface area contributed by atoms with Crippen molar-refractivity contribution in [3.8, 4) is 17.2 Å². The van der Waals surface area contributed by atoms with Gasteiger partial charge in [0.1, 0.15) is 13.8 Å². The summed E-state index contributed by atoms with van der Waals surface area (Å²) < 4.78 is 5.30. The van der Waals surface area contributed by atoms with Crippen LogP contribution in [0.2, 0.25) is 19.6 Å². The van der Waals surface area contributed by atoms with Crippen molar-refractivity contribution in [1.82, 2.24) is 0 Å². The van der Waals surface area contributed by atoms with Gasteiger partial charge in [-0.3, -0.25) is 0 Å². The Bertz CT molecular complexity index is 393.